The van der Waals surface area contributed by atoms with Gasteiger partial charge in [-0.3, -0.25) is 5.41 Å². The summed E-state index contributed by atoms with van der Waals surface area (Å²) in [6.45, 7) is 8.42. The van der Waals surface area contributed by atoms with Gasteiger partial charge in [-0.1, -0.05) is 57.5 Å². The maximum Gasteiger partial charge on any atom is 0.0963 e. The van der Waals surface area contributed by atoms with Crippen LogP contribution in [-0.2, 0) is 6.54 Å². The minimum absolute atomic E-state index is 0.553. The van der Waals surface area contributed by atoms with E-state index < -0.39 is 0 Å². The third kappa shape index (κ3) is 5.35. The molecule has 18 heavy (non-hydrogen) atoms. The number of nitrogens with one attached hydrogen (secondary N) is 1. The van der Waals surface area contributed by atoms with Crippen LogP contribution in [0.5, 0.6) is 0 Å². The molecule has 0 atom stereocenters. The fraction of sp³-hybridized carbons (Fsp3) is 0.562. The molecule has 0 amide bonds. The van der Waals surface area contributed by atoms with Gasteiger partial charge >= 0.3 is 0 Å². The molecular weight excluding hydrogens is 220 g/mol. The molecule has 0 aliphatic carbocycles. The van der Waals surface area contributed by atoms with E-state index in [2.05, 4.69) is 49.9 Å². The summed E-state index contributed by atoms with van der Waals surface area (Å²) in [4.78, 5) is 2.22. The highest BCUT2D eigenvalue weighted by Gasteiger charge is 2.11. The number of benzene rings is 1. The Hall–Kier alpha value is -1.31. The van der Waals surface area contributed by atoms with Crippen molar-refractivity contribution in [2.75, 3.05) is 6.54 Å². The van der Waals surface area contributed by atoms with Gasteiger partial charge in [-0.05, 0) is 17.9 Å². The van der Waals surface area contributed by atoms with E-state index >= 15 is 0 Å². The molecule has 1 aromatic carbocycles. The SMILES string of the molecule is CCCCN(Cc1ccccc1)C(=N)CC(C)C. The maximum atomic E-state index is 8.23. The lowest BCUT2D eigenvalue weighted by Gasteiger charge is -2.26. The molecule has 2 heteroatoms. The molecule has 0 aromatic heterocycles. The number of hydrogen-bond donors (Lipinski definition) is 1. The average molecular weight is 246 g/mol. The first-order valence-electron chi connectivity index (χ1n) is 6.99. The number of amidine groups is 1. The van der Waals surface area contributed by atoms with Crippen molar-refractivity contribution >= 4 is 5.84 Å². The number of unbranched alkanes of at least 4 members (excludes halogenated alkanes) is 1. The van der Waals surface area contributed by atoms with E-state index in [0.717, 1.165) is 31.8 Å². The molecule has 0 fully saturated rings. The summed E-state index contributed by atoms with van der Waals surface area (Å²) in [6, 6.07) is 10.5. The van der Waals surface area contributed by atoms with Crippen LogP contribution in [-0.4, -0.2) is 17.3 Å². The van der Waals surface area contributed by atoms with Crippen LogP contribution in [0.1, 0.15) is 45.6 Å². The first-order valence-corrected chi connectivity index (χ1v) is 6.99. The fourth-order valence-electron chi connectivity index (χ4n) is 1.98. The van der Waals surface area contributed by atoms with E-state index in [0.29, 0.717) is 5.92 Å². The highest BCUT2D eigenvalue weighted by molar-refractivity contribution is 5.79. The molecular formula is C16H26N2. The second-order valence-electron chi connectivity index (χ2n) is 5.31. The molecule has 0 saturated carbocycles. The summed E-state index contributed by atoms with van der Waals surface area (Å²) < 4.78 is 0. The van der Waals surface area contributed by atoms with E-state index in [4.69, 9.17) is 5.41 Å². The lowest BCUT2D eigenvalue weighted by molar-refractivity contribution is 0.384. The van der Waals surface area contributed by atoms with Gasteiger partial charge in [0.15, 0.2) is 0 Å². The van der Waals surface area contributed by atoms with Crippen LogP contribution < -0.4 is 0 Å². The third-order valence-electron chi connectivity index (χ3n) is 2.98. The van der Waals surface area contributed by atoms with Gasteiger partial charge in [0.1, 0.15) is 0 Å². The predicted octanol–water partition coefficient (Wildman–Crippen LogP) is 4.31. The molecule has 0 saturated heterocycles. The molecule has 1 aromatic rings. The van der Waals surface area contributed by atoms with Crippen LogP contribution in [0.15, 0.2) is 30.3 Å². The zero-order valence-electron chi connectivity index (χ0n) is 11.9. The fourth-order valence-corrected chi connectivity index (χ4v) is 1.98. The molecule has 2 nitrogen and oxygen atoms in total. The second-order valence-corrected chi connectivity index (χ2v) is 5.31. The minimum Gasteiger partial charge on any atom is -0.356 e. The summed E-state index contributed by atoms with van der Waals surface area (Å²) >= 11 is 0. The molecule has 0 radical (unpaired) electrons. The Morgan fingerprint density at radius 1 is 1.22 bits per heavy atom. The topological polar surface area (TPSA) is 27.1 Å². The molecule has 0 heterocycles. The summed E-state index contributed by atoms with van der Waals surface area (Å²) in [5.41, 5.74) is 1.29. The van der Waals surface area contributed by atoms with Crippen molar-refractivity contribution in [3.8, 4) is 0 Å². The number of nitrogens with zero attached hydrogens (tertiary/aromatic N) is 1. The van der Waals surface area contributed by atoms with Gasteiger partial charge in [0.2, 0.25) is 0 Å². The first kappa shape index (κ1) is 14.7. The molecule has 0 aliphatic heterocycles. The second kappa shape index (κ2) is 7.91. The third-order valence-corrected chi connectivity index (χ3v) is 2.98. The van der Waals surface area contributed by atoms with Crippen molar-refractivity contribution < 1.29 is 0 Å². The molecule has 1 N–H and O–H groups in total. The van der Waals surface area contributed by atoms with E-state index in [1.165, 1.54) is 12.0 Å². The van der Waals surface area contributed by atoms with E-state index in [-0.39, 0.29) is 0 Å². The molecule has 0 aliphatic rings. The van der Waals surface area contributed by atoms with Crippen molar-refractivity contribution in [3.63, 3.8) is 0 Å². The van der Waals surface area contributed by atoms with Crippen LogP contribution in [0.25, 0.3) is 0 Å². The molecule has 0 spiro atoms. The zero-order valence-corrected chi connectivity index (χ0v) is 11.9. The quantitative estimate of drug-likeness (QED) is 0.563. The van der Waals surface area contributed by atoms with E-state index in [1.807, 2.05) is 6.07 Å². The standard InChI is InChI=1S/C16H26N2/c1-4-5-11-18(16(17)12-14(2)3)13-15-9-7-6-8-10-15/h6-10,14,17H,4-5,11-13H2,1-3H3. The summed E-state index contributed by atoms with van der Waals surface area (Å²) in [5.74, 6) is 1.33. The van der Waals surface area contributed by atoms with Gasteiger partial charge < -0.3 is 4.90 Å². The van der Waals surface area contributed by atoms with Crippen molar-refractivity contribution in [1.82, 2.24) is 4.90 Å². The average Bonchev–Trinajstić information content (AvgIpc) is 2.34. The molecule has 0 bridgehead atoms. The zero-order chi connectivity index (χ0) is 13.4. The number of rotatable bonds is 7. The summed E-state index contributed by atoms with van der Waals surface area (Å²) in [5, 5.41) is 8.23. The highest BCUT2D eigenvalue weighted by atomic mass is 15.2. The van der Waals surface area contributed by atoms with Crippen molar-refractivity contribution in [1.29, 1.82) is 5.41 Å². The largest absolute Gasteiger partial charge is 0.356 e. The van der Waals surface area contributed by atoms with Crippen LogP contribution in [0.3, 0.4) is 0 Å². The van der Waals surface area contributed by atoms with Crippen molar-refractivity contribution in [2.24, 2.45) is 5.92 Å². The Bertz CT molecular complexity index is 343. The predicted molar refractivity (Wildman–Crippen MR) is 78.9 cm³/mol. The van der Waals surface area contributed by atoms with Crippen molar-refractivity contribution in [3.05, 3.63) is 35.9 Å². The van der Waals surface area contributed by atoms with Gasteiger partial charge in [0, 0.05) is 19.5 Å². The maximum absolute atomic E-state index is 8.23. The van der Waals surface area contributed by atoms with E-state index in [1.54, 1.807) is 0 Å². The van der Waals surface area contributed by atoms with Crippen LogP contribution in [0.2, 0.25) is 0 Å². The Morgan fingerprint density at radius 2 is 1.89 bits per heavy atom. The van der Waals surface area contributed by atoms with Crippen LogP contribution in [0.4, 0.5) is 0 Å². The van der Waals surface area contributed by atoms with Gasteiger partial charge in [0.25, 0.3) is 0 Å². The van der Waals surface area contributed by atoms with Gasteiger partial charge in [-0.2, -0.15) is 0 Å². The van der Waals surface area contributed by atoms with Crippen molar-refractivity contribution in [2.45, 2.75) is 46.6 Å². The van der Waals surface area contributed by atoms with Gasteiger partial charge in [-0.25, -0.2) is 0 Å². The monoisotopic (exact) mass is 246 g/mol. The smallest absolute Gasteiger partial charge is 0.0963 e. The normalized spacial score (nSPS) is 10.7. The highest BCUT2D eigenvalue weighted by Crippen LogP contribution is 2.11. The Balaban J connectivity index is 2.63. The lowest BCUT2D eigenvalue weighted by atomic mass is 10.1. The van der Waals surface area contributed by atoms with Crippen LogP contribution >= 0.6 is 0 Å². The van der Waals surface area contributed by atoms with E-state index in [9.17, 15) is 0 Å². The summed E-state index contributed by atoms with van der Waals surface area (Å²) in [7, 11) is 0. The Kier molecular flexibility index (Phi) is 6.48. The Morgan fingerprint density at radius 3 is 2.44 bits per heavy atom. The van der Waals surface area contributed by atoms with Crippen LogP contribution in [0, 0.1) is 11.3 Å². The molecule has 0 unspecified atom stereocenters. The molecule has 1 rings (SSSR count). The Labute approximate surface area is 112 Å². The van der Waals surface area contributed by atoms with Gasteiger partial charge in [-0.15, -0.1) is 0 Å². The molecule has 100 valence electrons. The summed E-state index contributed by atoms with van der Waals surface area (Å²) in [6.07, 6.45) is 3.21. The lowest BCUT2D eigenvalue weighted by Crippen LogP contribution is -2.31. The van der Waals surface area contributed by atoms with Gasteiger partial charge in [0.05, 0.1) is 5.84 Å². The number of hydrogen-bond acceptors (Lipinski definition) is 1. The first-order chi connectivity index (χ1) is 8.63. The minimum atomic E-state index is 0.553.